The molecule has 0 bridgehead atoms. The van der Waals surface area contributed by atoms with E-state index < -0.39 is 5.91 Å². The van der Waals surface area contributed by atoms with Crippen LogP contribution in [0.25, 0.3) is 5.57 Å². The second-order valence-electron chi connectivity index (χ2n) is 8.72. The summed E-state index contributed by atoms with van der Waals surface area (Å²) in [7, 11) is 3.26. The standard InChI is InChI=1S/C28H21BrN4O4S/c1-36-18-8-3-15(4-9-18)22-14-23(16-5-10-19(37-2)11-6-16)33(32-22)28-31-27(35)25(38-28)24-20-13-17(29)7-12-21(20)30-26(24)34/h3-13,23,35H,14H2,1-2H3. The molecule has 8 nitrogen and oxygen atoms in total. The maximum Gasteiger partial charge on any atom is 0.279 e. The van der Waals surface area contributed by atoms with E-state index in [1.807, 2.05) is 65.7 Å². The Morgan fingerprint density at radius 1 is 1.00 bits per heavy atom. The fourth-order valence-corrected chi connectivity index (χ4v) is 5.97. The van der Waals surface area contributed by atoms with Gasteiger partial charge in [0.05, 0.1) is 36.9 Å². The molecule has 1 amide bonds. The van der Waals surface area contributed by atoms with E-state index in [1.54, 1.807) is 20.3 Å². The number of hydrogen-bond acceptors (Lipinski definition) is 8. The number of hydrogen-bond donors (Lipinski definition) is 1. The van der Waals surface area contributed by atoms with Crippen molar-refractivity contribution in [2.24, 2.45) is 10.1 Å². The van der Waals surface area contributed by atoms with Gasteiger partial charge < -0.3 is 14.6 Å². The summed E-state index contributed by atoms with van der Waals surface area (Å²) in [5.74, 6) is 0.895. The Kier molecular flexibility index (Phi) is 6.21. The van der Waals surface area contributed by atoms with Gasteiger partial charge in [-0.25, -0.2) is 10.0 Å². The third-order valence-electron chi connectivity index (χ3n) is 6.52. The molecular weight excluding hydrogens is 568 g/mol. The third-order valence-corrected chi connectivity index (χ3v) is 8.06. The van der Waals surface area contributed by atoms with Crippen molar-refractivity contribution in [1.29, 1.82) is 0 Å². The number of benzene rings is 3. The minimum Gasteiger partial charge on any atom is -0.497 e. The van der Waals surface area contributed by atoms with Crippen LogP contribution in [0.5, 0.6) is 17.4 Å². The summed E-state index contributed by atoms with van der Waals surface area (Å²) in [6.45, 7) is 0. The Balaban J connectivity index is 1.45. The van der Waals surface area contributed by atoms with E-state index in [9.17, 15) is 9.90 Å². The first-order chi connectivity index (χ1) is 18.4. The summed E-state index contributed by atoms with van der Waals surface area (Å²) in [5.41, 5.74) is 3.19. The summed E-state index contributed by atoms with van der Waals surface area (Å²) < 4.78 is 11.5. The Morgan fingerprint density at radius 3 is 2.37 bits per heavy atom. The second-order valence-corrected chi connectivity index (χ2v) is 10.6. The fourth-order valence-electron chi connectivity index (χ4n) is 4.60. The van der Waals surface area contributed by atoms with E-state index in [0.29, 0.717) is 32.6 Å². The monoisotopic (exact) mass is 588 g/mol. The number of halogens is 1. The average Bonchev–Trinajstić information content (AvgIpc) is 3.63. The van der Waals surface area contributed by atoms with Crippen molar-refractivity contribution in [3.63, 3.8) is 0 Å². The van der Waals surface area contributed by atoms with Crippen LogP contribution in [0.4, 0.5) is 5.13 Å². The zero-order chi connectivity index (χ0) is 26.4. The molecule has 10 heteroatoms. The van der Waals surface area contributed by atoms with Crippen LogP contribution in [0.1, 0.15) is 28.5 Å². The molecule has 3 heterocycles. The first-order valence-corrected chi connectivity index (χ1v) is 13.3. The molecule has 0 spiro atoms. The minimum atomic E-state index is -0.404. The number of rotatable bonds is 6. The molecule has 1 aromatic heterocycles. The van der Waals surface area contributed by atoms with Gasteiger partial charge in [0.2, 0.25) is 11.0 Å². The van der Waals surface area contributed by atoms with E-state index in [0.717, 1.165) is 32.8 Å². The number of nitrogens with zero attached hydrogens (tertiary/aromatic N) is 4. The summed E-state index contributed by atoms with van der Waals surface area (Å²) in [6, 6.07) is 20.8. The maximum atomic E-state index is 12.8. The molecule has 1 unspecified atom stereocenters. The van der Waals surface area contributed by atoms with Crippen molar-refractivity contribution < 1.29 is 19.4 Å². The van der Waals surface area contributed by atoms with E-state index >= 15 is 0 Å². The zero-order valence-electron chi connectivity index (χ0n) is 20.4. The van der Waals surface area contributed by atoms with E-state index in [-0.39, 0.29) is 11.9 Å². The summed E-state index contributed by atoms with van der Waals surface area (Å²) in [6.07, 6.45) is 0.620. The van der Waals surface area contributed by atoms with Gasteiger partial charge in [-0.05, 0) is 65.7 Å². The first-order valence-electron chi connectivity index (χ1n) is 11.7. The predicted octanol–water partition coefficient (Wildman–Crippen LogP) is 4.34. The predicted molar refractivity (Wildman–Crippen MR) is 149 cm³/mol. The Morgan fingerprint density at radius 2 is 1.68 bits per heavy atom. The van der Waals surface area contributed by atoms with Crippen molar-refractivity contribution in [2.45, 2.75) is 12.5 Å². The van der Waals surface area contributed by atoms with Crippen LogP contribution in [0.3, 0.4) is 0 Å². The summed E-state index contributed by atoms with van der Waals surface area (Å²) in [5, 5.41) is 19.3. The van der Waals surface area contributed by atoms with E-state index in [1.165, 1.54) is 11.3 Å². The van der Waals surface area contributed by atoms with E-state index in [4.69, 9.17) is 14.6 Å². The molecular formula is C28H21BrN4O4S. The van der Waals surface area contributed by atoms with Crippen LogP contribution in [0.2, 0.25) is 0 Å². The van der Waals surface area contributed by atoms with Crippen LogP contribution < -0.4 is 25.1 Å². The minimum absolute atomic E-state index is 0.174. The zero-order valence-corrected chi connectivity index (χ0v) is 22.8. The molecule has 2 aliphatic rings. The van der Waals surface area contributed by atoms with Gasteiger partial charge in [-0.1, -0.05) is 39.4 Å². The lowest BCUT2D eigenvalue weighted by Gasteiger charge is -2.21. The van der Waals surface area contributed by atoms with Gasteiger partial charge in [0.25, 0.3) is 5.91 Å². The number of fused-ring (bicyclic) bond motifs is 1. The van der Waals surface area contributed by atoms with Crippen LogP contribution >= 0.6 is 27.3 Å². The van der Waals surface area contributed by atoms with Crippen molar-refractivity contribution >= 4 is 49.6 Å². The molecule has 0 radical (unpaired) electrons. The summed E-state index contributed by atoms with van der Waals surface area (Å²) in [4.78, 5) is 21.8. The normalized spacial score (nSPS) is 16.3. The molecule has 4 aromatic rings. The highest BCUT2D eigenvalue weighted by molar-refractivity contribution is 9.10. The van der Waals surface area contributed by atoms with Gasteiger partial charge in [0.1, 0.15) is 16.4 Å². The molecule has 190 valence electrons. The maximum absolute atomic E-state index is 12.8. The first kappa shape index (κ1) is 24.3. The van der Waals surface area contributed by atoms with Crippen molar-refractivity contribution in [3.8, 4) is 17.4 Å². The largest absolute Gasteiger partial charge is 0.497 e. The molecule has 0 saturated carbocycles. The number of aromatic hydroxyl groups is 1. The topological polar surface area (TPSA) is 96.6 Å². The van der Waals surface area contributed by atoms with Crippen LogP contribution in [-0.2, 0) is 4.79 Å². The number of amides is 1. The molecule has 0 fully saturated rings. The number of anilines is 1. The molecule has 6 rings (SSSR count). The summed E-state index contributed by atoms with van der Waals surface area (Å²) >= 11 is 4.68. The Bertz CT molecular complexity index is 1720. The number of hydrazone groups is 1. The fraction of sp³-hybridized carbons (Fsp3) is 0.143. The molecule has 38 heavy (non-hydrogen) atoms. The van der Waals surface area contributed by atoms with Gasteiger partial charge in [-0.3, -0.25) is 4.79 Å². The molecule has 2 aliphatic heterocycles. The third kappa shape index (κ3) is 4.25. The molecule has 1 atom stereocenters. The molecule has 1 N–H and O–H groups in total. The quantitative estimate of drug-likeness (QED) is 0.360. The lowest BCUT2D eigenvalue weighted by atomic mass is 9.98. The van der Waals surface area contributed by atoms with Gasteiger partial charge >= 0.3 is 0 Å². The van der Waals surface area contributed by atoms with Crippen molar-refractivity contribution in [1.82, 2.24) is 4.98 Å². The van der Waals surface area contributed by atoms with Gasteiger partial charge in [-0.15, -0.1) is 0 Å². The molecule has 3 aromatic carbocycles. The highest BCUT2D eigenvalue weighted by atomic mass is 79.9. The Labute approximate surface area is 230 Å². The van der Waals surface area contributed by atoms with Crippen molar-refractivity contribution in [2.75, 3.05) is 19.2 Å². The van der Waals surface area contributed by atoms with Crippen molar-refractivity contribution in [3.05, 3.63) is 97.8 Å². The number of carbonyl (C=O) groups excluding carboxylic acids is 1. The number of thiazole rings is 1. The highest BCUT2D eigenvalue weighted by Gasteiger charge is 2.34. The number of ether oxygens (including phenoxy) is 2. The smallest absolute Gasteiger partial charge is 0.279 e. The highest BCUT2D eigenvalue weighted by Crippen LogP contribution is 2.43. The number of carbonyl (C=O) groups is 1. The van der Waals surface area contributed by atoms with Gasteiger partial charge in [0, 0.05) is 16.1 Å². The SMILES string of the molecule is COc1ccc(C2=NN(c3nc(O)c(C4=c5cc(Br)ccc5=NC4=O)s3)C(c3ccc(OC)cc3)C2)cc1. The van der Waals surface area contributed by atoms with Crippen LogP contribution in [-0.4, -0.2) is 35.9 Å². The Hall–Kier alpha value is -4.02. The average molecular weight is 589 g/mol. The molecule has 0 saturated heterocycles. The van der Waals surface area contributed by atoms with Gasteiger partial charge in [-0.2, -0.15) is 10.1 Å². The van der Waals surface area contributed by atoms with Gasteiger partial charge in [0.15, 0.2) is 0 Å². The number of methoxy groups -OCH3 is 2. The lowest BCUT2D eigenvalue weighted by molar-refractivity contribution is -0.112. The molecule has 0 aliphatic carbocycles. The lowest BCUT2D eigenvalue weighted by Crippen LogP contribution is -2.22. The van der Waals surface area contributed by atoms with E-state index in [2.05, 4.69) is 25.9 Å². The van der Waals surface area contributed by atoms with Crippen LogP contribution in [0.15, 0.2) is 81.3 Å². The second kappa shape index (κ2) is 9.70. The van der Waals surface area contributed by atoms with Crippen LogP contribution in [0, 0.1) is 0 Å². The number of aromatic nitrogens is 1.